The molecular formula is C19H18N2O3S. The summed E-state index contributed by atoms with van der Waals surface area (Å²) < 4.78 is 10.8. The van der Waals surface area contributed by atoms with Gasteiger partial charge in [-0.25, -0.2) is 4.98 Å². The third-order valence-corrected chi connectivity index (χ3v) is 4.27. The quantitative estimate of drug-likeness (QED) is 0.699. The molecule has 0 fully saturated rings. The molecule has 0 bridgehead atoms. The average Bonchev–Trinajstić information content (AvgIpc) is 3.08. The Morgan fingerprint density at radius 3 is 2.72 bits per heavy atom. The number of amides is 1. The molecule has 1 amide bonds. The SMILES string of the molecule is COc1cccc(NC(=O)Cc2csc(COc3ccccc3)n2)c1. The van der Waals surface area contributed by atoms with Crippen LogP contribution in [0.15, 0.2) is 60.0 Å². The second-order valence-electron chi connectivity index (χ2n) is 5.29. The summed E-state index contributed by atoms with van der Waals surface area (Å²) in [6.45, 7) is 0.395. The van der Waals surface area contributed by atoms with E-state index in [2.05, 4.69) is 10.3 Å². The number of benzene rings is 2. The van der Waals surface area contributed by atoms with E-state index in [0.717, 1.165) is 16.5 Å². The lowest BCUT2D eigenvalue weighted by Crippen LogP contribution is -2.14. The van der Waals surface area contributed by atoms with Gasteiger partial charge in [-0.1, -0.05) is 24.3 Å². The minimum absolute atomic E-state index is 0.117. The Labute approximate surface area is 150 Å². The standard InChI is InChI=1S/C19H18N2O3S/c1-23-17-9-5-6-14(10-17)20-18(22)11-15-13-25-19(21-15)12-24-16-7-3-2-4-8-16/h2-10,13H,11-12H2,1H3,(H,20,22). The first-order valence-corrected chi connectivity index (χ1v) is 8.66. The minimum Gasteiger partial charge on any atom is -0.497 e. The number of nitrogens with one attached hydrogen (secondary N) is 1. The molecule has 0 aliphatic rings. The Bertz CT molecular complexity index is 833. The molecule has 1 aromatic heterocycles. The van der Waals surface area contributed by atoms with Crippen LogP contribution in [0.3, 0.4) is 0 Å². The number of nitrogens with zero attached hydrogens (tertiary/aromatic N) is 1. The molecule has 25 heavy (non-hydrogen) atoms. The van der Waals surface area contributed by atoms with Gasteiger partial charge in [0.15, 0.2) is 0 Å². The van der Waals surface area contributed by atoms with E-state index in [4.69, 9.17) is 9.47 Å². The Morgan fingerprint density at radius 2 is 1.92 bits per heavy atom. The molecule has 0 aliphatic heterocycles. The summed E-state index contributed by atoms with van der Waals surface area (Å²) in [5.41, 5.74) is 1.43. The summed E-state index contributed by atoms with van der Waals surface area (Å²) in [6.07, 6.45) is 0.221. The Balaban J connectivity index is 1.52. The zero-order chi connectivity index (χ0) is 17.5. The smallest absolute Gasteiger partial charge is 0.230 e. The van der Waals surface area contributed by atoms with Gasteiger partial charge in [-0.15, -0.1) is 11.3 Å². The van der Waals surface area contributed by atoms with E-state index in [0.29, 0.717) is 18.0 Å². The van der Waals surface area contributed by atoms with Crippen LogP contribution in [0.5, 0.6) is 11.5 Å². The lowest BCUT2D eigenvalue weighted by Gasteiger charge is -2.06. The number of para-hydroxylation sites is 1. The lowest BCUT2D eigenvalue weighted by molar-refractivity contribution is -0.115. The molecule has 3 rings (SSSR count). The van der Waals surface area contributed by atoms with Crippen molar-refractivity contribution in [2.45, 2.75) is 13.0 Å². The van der Waals surface area contributed by atoms with Crippen molar-refractivity contribution in [1.82, 2.24) is 4.98 Å². The zero-order valence-corrected chi connectivity index (χ0v) is 14.6. The van der Waals surface area contributed by atoms with Crippen molar-refractivity contribution in [3.8, 4) is 11.5 Å². The molecule has 0 unspecified atom stereocenters. The van der Waals surface area contributed by atoms with E-state index in [1.807, 2.05) is 53.9 Å². The van der Waals surface area contributed by atoms with Crippen molar-refractivity contribution in [2.75, 3.05) is 12.4 Å². The van der Waals surface area contributed by atoms with Crippen LogP contribution in [0, 0.1) is 0 Å². The van der Waals surface area contributed by atoms with Crippen molar-refractivity contribution in [1.29, 1.82) is 0 Å². The third kappa shape index (κ3) is 5.06. The van der Waals surface area contributed by atoms with Crippen LogP contribution in [0.4, 0.5) is 5.69 Å². The topological polar surface area (TPSA) is 60.5 Å². The zero-order valence-electron chi connectivity index (χ0n) is 13.8. The van der Waals surface area contributed by atoms with Gasteiger partial charge in [0.1, 0.15) is 23.1 Å². The highest BCUT2D eigenvalue weighted by Gasteiger charge is 2.09. The molecule has 128 valence electrons. The van der Waals surface area contributed by atoms with E-state index < -0.39 is 0 Å². The summed E-state index contributed by atoms with van der Waals surface area (Å²) in [7, 11) is 1.59. The molecular weight excluding hydrogens is 336 g/mol. The van der Waals surface area contributed by atoms with E-state index >= 15 is 0 Å². The number of thiazole rings is 1. The predicted octanol–water partition coefficient (Wildman–Crippen LogP) is 3.91. The molecule has 6 heteroatoms. The van der Waals surface area contributed by atoms with Crippen molar-refractivity contribution in [3.63, 3.8) is 0 Å². The summed E-state index contributed by atoms with van der Waals surface area (Å²) in [5.74, 6) is 1.39. The molecule has 0 radical (unpaired) electrons. The largest absolute Gasteiger partial charge is 0.497 e. The third-order valence-electron chi connectivity index (χ3n) is 3.40. The van der Waals surface area contributed by atoms with Crippen LogP contribution < -0.4 is 14.8 Å². The van der Waals surface area contributed by atoms with E-state index in [-0.39, 0.29) is 12.3 Å². The number of hydrogen-bond donors (Lipinski definition) is 1. The fraction of sp³-hybridized carbons (Fsp3) is 0.158. The number of carbonyl (C=O) groups excluding carboxylic acids is 1. The van der Waals surface area contributed by atoms with Gasteiger partial charge in [0, 0.05) is 17.1 Å². The highest BCUT2D eigenvalue weighted by molar-refractivity contribution is 7.09. The number of aromatic nitrogens is 1. The molecule has 0 atom stereocenters. The summed E-state index contributed by atoms with van der Waals surface area (Å²) >= 11 is 1.49. The summed E-state index contributed by atoms with van der Waals surface area (Å²) in [4.78, 5) is 16.6. The molecule has 1 heterocycles. The van der Waals surface area contributed by atoms with Crippen LogP contribution in [0.2, 0.25) is 0 Å². The second kappa shape index (κ2) is 8.30. The van der Waals surface area contributed by atoms with Crippen LogP contribution in [0.1, 0.15) is 10.7 Å². The molecule has 2 aromatic carbocycles. The van der Waals surface area contributed by atoms with Gasteiger partial charge >= 0.3 is 0 Å². The Morgan fingerprint density at radius 1 is 1.12 bits per heavy atom. The van der Waals surface area contributed by atoms with Crippen molar-refractivity contribution >= 4 is 22.9 Å². The highest BCUT2D eigenvalue weighted by Crippen LogP contribution is 2.18. The van der Waals surface area contributed by atoms with E-state index in [1.165, 1.54) is 11.3 Å². The van der Waals surface area contributed by atoms with Gasteiger partial charge in [0.05, 0.1) is 19.2 Å². The second-order valence-corrected chi connectivity index (χ2v) is 6.23. The number of ether oxygens (including phenoxy) is 2. The van der Waals surface area contributed by atoms with Crippen LogP contribution in [-0.4, -0.2) is 18.0 Å². The fourth-order valence-electron chi connectivity index (χ4n) is 2.23. The fourth-order valence-corrected chi connectivity index (χ4v) is 2.93. The Hall–Kier alpha value is -2.86. The average molecular weight is 354 g/mol. The van der Waals surface area contributed by atoms with Crippen LogP contribution >= 0.6 is 11.3 Å². The van der Waals surface area contributed by atoms with E-state index in [9.17, 15) is 4.79 Å². The van der Waals surface area contributed by atoms with Gasteiger partial charge in [-0.05, 0) is 24.3 Å². The first-order chi connectivity index (χ1) is 12.2. The monoisotopic (exact) mass is 354 g/mol. The molecule has 0 aliphatic carbocycles. The molecule has 5 nitrogen and oxygen atoms in total. The number of anilines is 1. The maximum atomic E-state index is 12.2. The van der Waals surface area contributed by atoms with Crippen molar-refractivity contribution in [2.24, 2.45) is 0 Å². The van der Waals surface area contributed by atoms with Crippen LogP contribution in [-0.2, 0) is 17.8 Å². The summed E-state index contributed by atoms with van der Waals surface area (Å²) in [6, 6.07) is 16.8. The minimum atomic E-state index is -0.117. The first kappa shape index (κ1) is 17.0. The van der Waals surface area contributed by atoms with Gasteiger partial charge in [0.2, 0.25) is 5.91 Å². The number of carbonyl (C=O) groups is 1. The number of rotatable bonds is 7. The molecule has 1 N–H and O–H groups in total. The Kier molecular flexibility index (Phi) is 5.64. The van der Waals surface area contributed by atoms with Gasteiger partial charge in [-0.3, -0.25) is 4.79 Å². The number of hydrogen-bond acceptors (Lipinski definition) is 5. The van der Waals surface area contributed by atoms with Gasteiger partial charge in [-0.2, -0.15) is 0 Å². The maximum absolute atomic E-state index is 12.2. The number of methoxy groups -OCH3 is 1. The van der Waals surface area contributed by atoms with E-state index in [1.54, 1.807) is 13.2 Å². The lowest BCUT2D eigenvalue weighted by atomic mass is 10.2. The highest BCUT2D eigenvalue weighted by atomic mass is 32.1. The molecule has 3 aromatic rings. The first-order valence-electron chi connectivity index (χ1n) is 7.78. The van der Waals surface area contributed by atoms with Gasteiger partial charge in [0.25, 0.3) is 0 Å². The van der Waals surface area contributed by atoms with Gasteiger partial charge < -0.3 is 14.8 Å². The normalized spacial score (nSPS) is 10.3. The van der Waals surface area contributed by atoms with Crippen LogP contribution in [0.25, 0.3) is 0 Å². The van der Waals surface area contributed by atoms with Crippen molar-refractivity contribution in [3.05, 3.63) is 70.7 Å². The molecule has 0 spiro atoms. The summed E-state index contributed by atoms with van der Waals surface area (Å²) in [5, 5.41) is 5.57. The maximum Gasteiger partial charge on any atom is 0.230 e. The van der Waals surface area contributed by atoms with Crippen molar-refractivity contribution < 1.29 is 14.3 Å². The molecule has 0 saturated heterocycles. The molecule has 0 saturated carbocycles. The predicted molar refractivity (Wildman–Crippen MR) is 98.2 cm³/mol.